The van der Waals surface area contributed by atoms with Crippen molar-refractivity contribution in [1.82, 2.24) is 0 Å². The molecule has 0 saturated carbocycles. The minimum atomic E-state index is -4.10. The van der Waals surface area contributed by atoms with Crippen molar-refractivity contribution < 1.29 is 73.6 Å². The van der Waals surface area contributed by atoms with Crippen LogP contribution in [0.25, 0.3) is 0 Å². The van der Waals surface area contributed by atoms with Crippen LogP contribution in [0.3, 0.4) is 0 Å². The van der Waals surface area contributed by atoms with Gasteiger partial charge in [0.05, 0.1) is 19.6 Å². The van der Waals surface area contributed by atoms with Gasteiger partial charge in [0.2, 0.25) is 0 Å². The molecule has 0 heterocycles. The van der Waals surface area contributed by atoms with Gasteiger partial charge in [-0.05, 0) is 97.9 Å². The summed E-state index contributed by atoms with van der Waals surface area (Å²) in [5.41, 5.74) is 2.91. The molecule has 17 heteroatoms. The number of benzene rings is 4. The van der Waals surface area contributed by atoms with Gasteiger partial charge in [-0.25, -0.2) is 0 Å². The number of hydrogen-bond donors (Lipinski definition) is 4. The van der Waals surface area contributed by atoms with Crippen LogP contribution in [0.2, 0.25) is 0 Å². The molecule has 0 aliphatic rings. The summed E-state index contributed by atoms with van der Waals surface area (Å²) in [5.74, 6) is 0. The van der Waals surface area contributed by atoms with Gasteiger partial charge in [-0.3, -0.25) is 18.2 Å². The molecule has 93 heavy (non-hydrogen) atoms. The summed E-state index contributed by atoms with van der Waals surface area (Å²) >= 11 is 0. The Balaban J connectivity index is 0.00000121. The molecule has 0 bridgehead atoms. The zero-order valence-corrected chi connectivity index (χ0v) is 63.2. The summed E-state index contributed by atoms with van der Waals surface area (Å²) in [4.78, 5) is 0.248. The SMILES string of the molecule is CCCCCCCCCCCCCc1ccccc1S(=O)(=O)O.CCCCCCCCCCCCCc1ccccc1S(=O)(=O)O.CCCCCCCCCCCCCc1ccccc1S(=O)(=O)O.CCCCCCCCCCCCCc1ccccc1S(=O)(=O)O.[Ti]. The number of hydrogen-bond acceptors (Lipinski definition) is 8. The third-order valence-corrected chi connectivity index (χ3v) is 21.0. The van der Waals surface area contributed by atoms with Gasteiger partial charge in [-0.15, -0.1) is 0 Å². The van der Waals surface area contributed by atoms with Gasteiger partial charge in [0.15, 0.2) is 0 Å². The minimum absolute atomic E-state index is 0. The standard InChI is InChI=1S/4C19H32O3S.Ti/c4*1-2-3-4-5-6-7-8-9-10-11-12-15-18-16-13-14-17-19(18)23(20,21)22;/h4*13-14,16-17H,2-12,15H2,1H3,(H,20,21,22);. The number of rotatable bonds is 52. The summed E-state index contributed by atoms with van der Waals surface area (Å²) in [6.45, 7) is 8.98. The fourth-order valence-electron chi connectivity index (χ4n) is 11.8. The van der Waals surface area contributed by atoms with Gasteiger partial charge in [-0.2, -0.15) is 33.7 Å². The molecule has 4 aromatic carbocycles. The quantitative estimate of drug-likeness (QED) is 0.0184. The zero-order chi connectivity index (χ0) is 67.9. The molecule has 4 rings (SSSR count). The van der Waals surface area contributed by atoms with Crippen molar-refractivity contribution in [3.05, 3.63) is 119 Å². The molecule has 0 radical (unpaired) electrons. The second-order valence-corrected chi connectivity index (χ2v) is 31.0. The third-order valence-electron chi connectivity index (χ3n) is 17.2. The van der Waals surface area contributed by atoms with Crippen LogP contribution >= 0.6 is 0 Å². The molecule has 0 amide bonds. The van der Waals surface area contributed by atoms with Crippen molar-refractivity contribution in [2.45, 2.75) is 355 Å². The van der Waals surface area contributed by atoms with Crippen LogP contribution < -0.4 is 0 Å². The first-order chi connectivity index (χ1) is 44.2. The van der Waals surface area contributed by atoms with Crippen LogP contribution in [-0.2, 0) is 87.9 Å². The molecule has 0 aliphatic carbocycles. The Bertz CT molecular complexity index is 2490. The van der Waals surface area contributed by atoms with Crippen molar-refractivity contribution in [1.29, 1.82) is 0 Å². The van der Waals surface area contributed by atoms with Crippen molar-refractivity contribution in [3.8, 4) is 0 Å². The average Bonchev–Trinajstić information content (AvgIpc) is 0.989. The normalized spacial score (nSPS) is 11.6. The molecular weight excluding hydrogens is 1280 g/mol. The second-order valence-electron chi connectivity index (χ2n) is 25.5. The van der Waals surface area contributed by atoms with Crippen molar-refractivity contribution >= 4 is 40.5 Å². The predicted molar refractivity (Wildman–Crippen MR) is 386 cm³/mol. The van der Waals surface area contributed by atoms with Gasteiger partial charge >= 0.3 is 0 Å². The maximum Gasteiger partial charge on any atom is 0.294 e. The predicted octanol–water partition coefficient (Wildman–Crippen LogP) is 23.1. The van der Waals surface area contributed by atoms with E-state index < -0.39 is 40.5 Å². The van der Waals surface area contributed by atoms with E-state index in [9.17, 15) is 51.9 Å². The Morgan fingerprint density at radius 2 is 0.323 bits per heavy atom. The van der Waals surface area contributed by atoms with Crippen LogP contribution in [0.4, 0.5) is 0 Å². The van der Waals surface area contributed by atoms with E-state index >= 15 is 0 Å². The van der Waals surface area contributed by atoms with Crippen LogP contribution in [0.15, 0.2) is 117 Å². The Morgan fingerprint density at radius 3 is 0.452 bits per heavy atom. The largest absolute Gasteiger partial charge is 0.294 e. The molecule has 0 atom stereocenters. The van der Waals surface area contributed by atoms with Crippen molar-refractivity contribution in [3.63, 3.8) is 0 Å². The van der Waals surface area contributed by atoms with Crippen molar-refractivity contribution in [2.75, 3.05) is 0 Å². The van der Waals surface area contributed by atoms with E-state index in [0.717, 1.165) is 73.6 Å². The van der Waals surface area contributed by atoms with E-state index in [4.69, 9.17) is 0 Å². The summed E-state index contributed by atoms with van der Waals surface area (Å²) in [5, 5.41) is 0. The Kier molecular flexibility index (Phi) is 56.5. The molecule has 4 N–H and O–H groups in total. The van der Waals surface area contributed by atoms with E-state index in [1.807, 2.05) is 24.3 Å². The van der Waals surface area contributed by atoms with E-state index in [-0.39, 0.29) is 41.3 Å². The van der Waals surface area contributed by atoms with Crippen LogP contribution in [0.5, 0.6) is 0 Å². The van der Waals surface area contributed by atoms with Crippen molar-refractivity contribution in [2.24, 2.45) is 0 Å². The van der Waals surface area contributed by atoms with Gasteiger partial charge < -0.3 is 0 Å². The van der Waals surface area contributed by atoms with Gasteiger partial charge in [0.25, 0.3) is 40.5 Å². The Hall–Kier alpha value is -2.77. The fourth-order valence-corrected chi connectivity index (χ4v) is 14.8. The molecule has 532 valence electrons. The third kappa shape index (κ3) is 49.4. The fraction of sp³-hybridized carbons (Fsp3) is 0.684. The summed E-state index contributed by atoms with van der Waals surface area (Å²) < 4.78 is 127. The van der Waals surface area contributed by atoms with Crippen LogP contribution in [-0.4, -0.2) is 51.9 Å². The summed E-state index contributed by atoms with van der Waals surface area (Å²) in [6.07, 6.45) is 59.0. The molecule has 12 nitrogen and oxygen atoms in total. The molecular formula is C76H128O12S4Ti. The summed E-state index contributed by atoms with van der Waals surface area (Å²) in [7, 11) is -16.4. The smallest absolute Gasteiger partial charge is 0.282 e. The average molecular weight is 1410 g/mol. The van der Waals surface area contributed by atoms with Crippen LogP contribution in [0, 0.1) is 0 Å². The molecule has 4 aromatic rings. The Morgan fingerprint density at radius 1 is 0.204 bits per heavy atom. The first-order valence-corrected chi connectivity index (χ1v) is 42.2. The van der Waals surface area contributed by atoms with Gasteiger partial charge in [0.1, 0.15) is 0 Å². The number of aryl methyl sites for hydroxylation is 4. The van der Waals surface area contributed by atoms with E-state index in [0.29, 0.717) is 25.7 Å². The molecule has 0 aliphatic heterocycles. The van der Waals surface area contributed by atoms with Gasteiger partial charge in [0, 0.05) is 21.7 Å². The molecule has 0 spiro atoms. The Labute approximate surface area is 584 Å². The summed E-state index contributed by atoms with van der Waals surface area (Å²) in [6, 6.07) is 26.9. The maximum atomic E-state index is 11.3. The monoisotopic (exact) mass is 1410 g/mol. The first-order valence-electron chi connectivity index (χ1n) is 36.4. The van der Waals surface area contributed by atoms with E-state index in [1.54, 1.807) is 48.5 Å². The topological polar surface area (TPSA) is 217 Å². The second kappa shape index (κ2) is 58.2. The number of unbranched alkanes of at least 4 members (excludes halogenated alkanes) is 40. The molecule has 0 aromatic heterocycles. The molecule has 0 unspecified atom stereocenters. The molecule has 0 saturated heterocycles. The van der Waals surface area contributed by atoms with E-state index in [2.05, 4.69) is 27.7 Å². The zero-order valence-electron chi connectivity index (χ0n) is 58.4. The van der Waals surface area contributed by atoms with Gasteiger partial charge in [-0.1, -0.05) is 357 Å². The van der Waals surface area contributed by atoms with Crippen LogP contribution in [0.1, 0.15) is 332 Å². The first kappa shape index (κ1) is 90.2. The maximum absolute atomic E-state index is 11.3. The van der Waals surface area contributed by atoms with E-state index in [1.165, 1.54) is 255 Å². The minimum Gasteiger partial charge on any atom is -0.282 e. The molecule has 0 fully saturated rings.